The Morgan fingerprint density at radius 1 is 0.933 bits per heavy atom. The van der Waals surface area contributed by atoms with E-state index in [1.54, 1.807) is 0 Å². The van der Waals surface area contributed by atoms with Gasteiger partial charge in [0.15, 0.2) is 0 Å². The molecule has 170 valence electrons. The number of hydrogen-bond donors (Lipinski definition) is 0. The zero-order chi connectivity index (χ0) is 21.7. The lowest BCUT2D eigenvalue weighted by atomic mass is 9.44. The molecule has 0 radical (unpaired) electrons. The zero-order valence-electron chi connectivity index (χ0n) is 20.8. The molecular formula is C29H48O. The number of fused-ring (bicyclic) bond motifs is 5. The van der Waals surface area contributed by atoms with E-state index >= 15 is 0 Å². The van der Waals surface area contributed by atoms with Crippen LogP contribution in [0.2, 0.25) is 0 Å². The molecule has 1 heteroatoms. The highest BCUT2D eigenvalue weighted by Crippen LogP contribution is 2.68. The predicted octanol–water partition coefficient (Wildman–Crippen LogP) is 8.09. The monoisotopic (exact) mass is 412 g/mol. The van der Waals surface area contributed by atoms with Crippen molar-refractivity contribution in [1.29, 1.82) is 0 Å². The molecule has 9 atom stereocenters. The van der Waals surface area contributed by atoms with Crippen molar-refractivity contribution in [1.82, 2.24) is 0 Å². The number of rotatable bonds is 5. The molecule has 0 bridgehead atoms. The molecule has 4 aliphatic rings. The molecule has 30 heavy (non-hydrogen) atoms. The Labute approximate surface area is 186 Å². The van der Waals surface area contributed by atoms with Crippen LogP contribution in [0.15, 0.2) is 12.2 Å². The Morgan fingerprint density at radius 2 is 1.67 bits per heavy atom. The molecule has 4 saturated carbocycles. The molecular weight excluding hydrogens is 364 g/mol. The normalized spacial score (nSPS) is 45.8. The van der Waals surface area contributed by atoms with Crippen LogP contribution in [0.3, 0.4) is 0 Å². The van der Waals surface area contributed by atoms with Gasteiger partial charge >= 0.3 is 0 Å². The Bertz CT molecular complexity index is 661. The lowest BCUT2D eigenvalue weighted by Gasteiger charge is -2.60. The first-order chi connectivity index (χ1) is 14.2. The van der Waals surface area contributed by atoms with Crippen LogP contribution < -0.4 is 0 Å². The van der Waals surface area contributed by atoms with E-state index in [-0.39, 0.29) is 0 Å². The van der Waals surface area contributed by atoms with Gasteiger partial charge < -0.3 is 0 Å². The van der Waals surface area contributed by atoms with Crippen molar-refractivity contribution in [2.45, 2.75) is 106 Å². The highest BCUT2D eigenvalue weighted by molar-refractivity contribution is 5.79. The van der Waals surface area contributed by atoms with Crippen LogP contribution in [-0.4, -0.2) is 5.78 Å². The number of carbonyl (C=O) groups excluding carboxylic acids is 1. The van der Waals surface area contributed by atoms with Gasteiger partial charge in [-0.25, -0.2) is 0 Å². The highest BCUT2D eigenvalue weighted by atomic mass is 16.1. The summed E-state index contributed by atoms with van der Waals surface area (Å²) in [6.07, 6.45) is 17.8. The van der Waals surface area contributed by atoms with E-state index in [0.717, 1.165) is 48.3 Å². The van der Waals surface area contributed by atoms with Gasteiger partial charge in [0.25, 0.3) is 0 Å². The predicted molar refractivity (Wildman–Crippen MR) is 127 cm³/mol. The van der Waals surface area contributed by atoms with E-state index in [0.29, 0.717) is 28.4 Å². The Balaban J connectivity index is 1.50. The first-order valence-corrected chi connectivity index (χ1v) is 13.4. The van der Waals surface area contributed by atoms with Crippen molar-refractivity contribution in [3.05, 3.63) is 12.2 Å². The fourth-order valence-corrected chi connectivity index (χ4v) is 9.23. The van der Waals surface area contributed by atoms with Crippen LogP contribution in [0.25, 0.3) is 0 Å². The summed E-state index contributed by atoms with van der Waals surface area (Å²) in [6.45, 7) is 14.8. The minimum absolute atomic E-state index is 0.452. The van der Waals surface area contributed by atoms with Gasteiger partial charge in [0, 0.05) is 12.8 Å². The summed E-state index contributed by atoms with van der Waals surface area (Å²) < 4.78 is 0. The second kappa shape index (κ2) is 8.40. The number of carbonyl (C=O) groups is 1. The summed E-state index contributed by atoms with van der Waals surface area (Å²) in [6, 6.07) is 0. The molecule has 0 aromatic carbocycles. The smallest absolute Gasteiger partial charge is 0.133 e. The third kappa shape index (κ3) is 3.65. The van der Waals surface area contributed by atoms with Gasteiger partial charge in [0.05, 0.1) is 0 Å². The van der Waals surface area contributed by atoms with Crippen LogP contribution in [-0.2, 0) is 4.79 Å². The SMILES string of the molecule is CC[C@H](/C=C/C(C)[C@H]1CCC2C3CCC4CC(=O)CC[C@]4(C)C3CC[C@@]21C)C(C)C. The molecule has 0 saturated heterocycles. The van der Waals surface area contributed by atoms with Gasteiger partial charge in [0.2, 0.25) is 0 Å². The lowest BCUT2D eigenvalue weighted by Crippen LogP contribution is -2.53. The van der Waals surface area contributed by atoms with Gasteiger partial charge in [-0.3, -0.25) is 4.79 Å². The molecule has 0 aromatic heterocycles. The van der Waals surface area contributed by atoms with Crippen molar-refractivity contribution >= 4 is 5.78 Å². The van der Waals surface area contributed by atoms with E-state index in [4.69, 9.17) is 0 Å². The fraction of sp³-hybridized carbons (Fsp3) is 0.897. The first kappa shape index (κ1) is 22.6. The third-order valence-electron chi connectivity index (χ3n) is 11.2. The van der Waals surface area contributed by atoms with Crippen molar-refractivity contribution in [2.24, 2.45) is 58.2 Å². The molecule has 0 spiro atoms. The molecule has 0 aliphatic heterocycles. The van der Waals surface area contributed by atoms with Crippen LogP contribution >= 0.6 is 0 Å². The molecule has 0 amide bonds. The largest absolute Gasteiger partial charge is 0.300 e. The lowest BCUT2D eigenvalue weighted by molar-refractivity contribution is -0.140. The summed E-state index contributed by atoms with van der Waals surface area (Å²) in [5.41, 5.74) is 0.992. The third-order valence-corrected chi connectivity index (χ3v) is 11.2. The molecule has 0 aromatic rings. The maximum Gasteiger partial charge on any atom is 0.133 e. The Kier molecular flexibility index (Phi) is 6.33. The quantitative estimate of drug-likeness (QED) is 0.417. The van der Waals surface area contributed by atoms with Gasteiger partial charge in [-0.2, -0.15) is 0 Å². The second-order valence-electron chi connectivity index (χ2n) is 12.7. The van der Waals surface area contributed by atoms with Crippen LogP contribution in [0.1, 0.15) is 106 Å². The molecule has 1 nitrogen and oxygen atoms in total. The maximum atomic E-state index is 12.1. The summed E-state index contributed by atoms with van der Waals surface area (Å²) in [5.74, 6) is 7.04. The summed E-state index contributed by atoms with van der Waals surface area (Å²) >= 11 is 0. The van der Waals surface area contributed by atoms with E-state index < -0.39 is 0 Å². The summed E-state index contributed by atoms with van der Waals surface area (Å²) in [7, 11) is 0. The molecule has 4 fully saturated rings. The van der Waals surface area contributed by atoms with Crippen LogP contribution in [0, 0.1) is 58.2 Å². The van der Waals surface area contributed by atoms with Gasteiger partial charge in [-0.05, 0) is 110 Å². The molecule has 5 unspecified atom stereocenters. The van der Waals surface area contributed by atoms with E-state index in [1.807, 2.05) is 0 Å². The standard InChI is InChI=1S/C29H48O/c1-7-21(19(2)3)9-8-20(4)25-12-13-26-24-11-10-22-18-23(30)14-16-28(22,5)27(24)15-17-29(25,26)6/h8-9,19-22,24-27H,7,10-18H2,1-6H3/b9-8+/t20?,21-,22?,24?,25-,26?,27?,28+,29-/m1/s1. The Hall–Kier alpha value is -0.590. The molecule has 4 aliphatic carbocycles. The average molecular weight is 413 g/mol. The second-order valence-corrected chi connectivity index (χ2v) is 12.7. The average Bonchev–Trinajstić information content (AvgIpc) is 3.06. The molecule has 0 N–H and O–H groups in total. The minimum atomic E-state index is 0.452. The number of ketones is 1. The summed E-state index contributed by atoms with van der Waals surface area (Å²) in [5, 5.41) is 0. The van der Waals surface area contributed by atoms with Gasteiger partial charge in [-0.15, -0.1) is 0 Å². The van der Waals surface area contributed by atoms with Gasteiger partial charge in [0.1, 0.15) is 5.78 Å². The van der Waals surface area contributed by atoms with Crippen molar-refractivity contribution in [2.75, 3.05) is 0 Å². The summed E-state index contributed by atoms with van der Waals surface area (Å²) in [4.78, 5) is 12.1. The van der Waals surface area contributed by atoms with Gasteiger partial charge in [-0.1, -0.05) is 53.7 Å². The van der Waals surface area contributed by atoms with E-state index in [1.165, 1.54) is 51.4 Å². The molecule has 4 rings (SSSR count). The Morgan fingerprint density at radius 3 is 2.37 bits per heavy atom. The number of allylic oxidation sites excluding steroid dienone is 2. The van der Waals surface area contributed by atoms with Crippen LogP contribution in [0.5, 0.6) is 0 Å². The zero-order valence-corrected chi connectivity index (χ0v) is 20.8. The van der Waals surface area contributed by atoms with Crippen LogP contribution in [0.4, 0.5) is 0 Å². The highest BCUT2D eigenvalue weighted by Gasteiger charge is 2.60. The minimum Gasteiger partial charge on any atom is -0.300 e. The van der Waals surface area contributed by atoms with Crippen molar-refractivity contribution in [3.63, 3.8) is 0 Å². The van der Waals surface area contributed by atoms with Crippen molar-refractivity contribution < 1.29 is 4.79 Å². The van der Waals surface area contributed by atoms with E-state index in [2.05, 4.69) is 53.7 Å². The number of Topliss-reactive ketones (excluding diaryl/α,β-unsaturated/α-hetero) is 1. The fourth-order valence-electron chi connectivity index (χ4n) is 9.23. The number of hydrogen-bond acceptors (Lipinski definition) is 1. The first-order valence-electron chi connectivity index (χ1n) is 13.4. The topological polar surface area (TPSA) is 17.1 Å². The van der Waals surface area contributed by atoms with E-state index in [9.17, 15) is 4.79 Å². The molecule has 0 heterocycles. The maximum absolute atomic E-state index is 12.1. The van der Waals surface area contributed by atoms with Crippen molar-refractivity contribution in [3.8, 4) is 0 Å².